The monoisotopic (exact) mass is 314 g/mol. The van der Waals surface area contributed by atoms with Crippen molar-refractivity contribution >= 4 is 9.84 Å². The van der Waals surface area contributed by atoms with Gasteiger partial charge in [0.1, 0.15) is 0 Å². The van der Waals surface area contributed by atoms with E-state index in [4.69, 9.17) is 0 Å². The molecule has 2 rings (SSSR count). The Morgan fingerprint density at radius 1 is 1.48 bits per heavy atom. The van der Waals surface area contributed by atoms with Crippen LogP contribution in [-0.2, 0) is 16.3 Å². The summed E-state index contributed by atoms with van der Waals surface area (Å²) in [5.74, 6) is 0. The smallest absolute Gasteiger partial charge is 0.153 e. The second-order valence-electron chi connectivity index (χ2n) is 6.25. The molecule has 0 bridgehead atoms. The van der Waals surface area contributed by atoms with Crippen molar-refractivity contribution in [3.63, 3.8) is 0 Å². The quantitative estimate of drug-likeness (QED) is 0.873. The van der Waals surface area contributed by atoms with Crippen LogP contribution in [0.4, 0.5) is 0 Å². The average molecular weight is 314 g/mol. The van der Waals surface area contributed by atoms with Crippen molar-refractivity contribution in [2.75, 3.05) is 6.26 Å². The molecular formula is C15H26N2O3S. The van der Waals surface area contributed by atoms with Gasteiger partial charge in [-0.25, -0.2) is 8.42 Å². The van der Waals surface area contributed by atoms with Gasteiger partial charge in [0.15, 0.2) is 9.84 Å². The maximum Gasteiger partial charge on any atom is 0.153 e. The fourth-order valence-electron chi connectivity index (χ4n) is 3.49. The summed E-state index contributed by atoms with van der Waals surface area (Å²) in [7, 11) is -3.23. The summed E-state index contributed by atoms with van der Waals surface area (Å²) < 4.78 is 25.7. The third-order valence-corrected chi connectivity index (χ3v) is 6.37. The predicted octanol–water partition coefficient (Wildman–Crippen LogP) is 2.11. The molecule has 0 spiro atoms. The molecule has 0 aromatic carbocycles. The molecule has 1 N–H and O–H groups in total. The van der Waals surface area contributed by atoms with Gasteiger partial charge < -0.3 is 5.11 Å². The van der Waals surface area contributed by atoms with E-state index in [2.05, 4.69) is 18.9 Å². The predicted molar refractivity (Wildman–Crippen MR) is 83.0 cm³/mol. The standard InChI is InChI=1S/C15H26N2O3S/c1-4-13(5-2)17-10-8-12(16-17)11-15(18)9-6-7-14(15)21(3,19)20/h8,10,13-14,18H,4-7,9,11H2,1-3H3. The van der Waals surface area contributed by atoms with Crippen LogP contribution in [0.1, 0.15) is 57.7 Å². The van der Waals surface area contributed by atoms with Crippen molar-refractivity contribution in [3.05, 3.63) is 18.0 Å². The van der Waals surface area contributed by atoms with Crippen LogP contribution in [0.2, 0.25) is 0 Å². The van der Waals surface area contributed by atoms with Crippen molar-refractivity contribution in [2.45, 2.75) is 69.3 Å². The number of rotatable bonds is 6. The van der Waals surface area contributed by atoms with Gasteiger partial charge in [0, 0.05) is 18.9 Å². The van der Waals surface area contributed by atoms with Crippen LogP contribution in [0.3, 0.4) is 0 Å². The summed E-state index contributed by atoms with van der Waals surface area (Å²) in [5, 5.41) is 14.6. The fourth-order valence-corrected chi connectivity index (χ4v) is 5.08. The molecule has 0 radical (unpaired) electrons. The number of hydrogen-bond donors (Lipinski definition) is 1. The molecule has 21 heavy (non-hydrogen) atoms. The minimum Gasteiger partial charge on any atom is -0.388 e. The Morgan fingerprint density at radius 2 is 2.14 bits per heavy atom. The summed E-state index contributed by atoms with van der Waals surface area (Å²) in [5.41, 5.74) is -0.388. The summed E-state index contributed by atoms with van der Waals surface area (Å²) >= 11 is 0. The van der Waals surface area contributed by atoms with Gasteiger partial charge in [-0.1, -0.05) is 13.8 Å². The molecule has 120 valence electrons. The maximum atomic E-state index is 11.9. The summed E-state index contributed by atoms with van der Waals surface area (Å²) in [6.45, 7) is 4.25. The highest BCUT2D eigenvalue weighted by Gasteiger charge is 2.47. The first-order valence-electron chi connectivity index (χ1n) is 7.75. The molecule has 1 aromatic rings. The van der Waals surface area contributed by atoms with Crippen LogP contribution in [-0.4, -0.2) is 40.4 Å². The Bertz CT molecular complexity index is 577. The minimum atomic E-state index is -3.23. The normalized spacial score (nSPS) is 26.6. The van der Waals surface area contributed by atoms with Crippen LogP contribution in [0, 0.1) is 0 Å². The summed E-state index contributed by atoms with van der Waals surface area (Å²) in [6.07, 6.45) is 7.31. The van der Waals surface area contributed by atoms with E-state index in [1.54, 1.807) is 0 Å². The van der Waals surface area contributed by atoms with Crippen molar-refractivity contribution < 1.29 is 13.5 Å². The van der Waals surface area contributed by atoms with Crippen molar-refractivity contribution in [3.8, 4) is 0 Å². The van der Waals surface area contributed by atoms with Gasteiger partial charge in [0.2, 0.25) is 0 Å². The first-order chi connectivity index (χ1) is 9.80. The van der Waals surface area contributed by atoms with E-state index in [0.717, 1.165) is 25.0 Å². The molecule has 0 amide bonds. The number of aliphatic hydroxyl groups is 1. The molecule has 6 heteroatoms. The molecule has 2 atom stereocenters. The molecule has 0 aliphatic heterocycles. The molecule has 1 heterocycles. The lowest BCUT2D eigenvalue weighted by Crippen LogP contribution is -2.44. The van der Waals surface area contributed by atoms with Gasteiger partial charge in [0.25, 0.3) is 0 Å². The molecule has 5 nitrogen and oxygen atoms in total. The van der Waals surface area contributed by atoms with E-state index in [9.17, 15) is 13.5 Å². The highest BCUT2D eigenvalue weighted by molar-refractivity contribution is 7.91. The van der Waals surface area contributed by atoms with Gasteiger partial charge in [-0.15, -0.1) is 0 Å². The van der Waals surface area contributed by atoms with E-state index < -0.39 is 20.7 Å². The number of sulfone groups is 1. The minimum absolute atomic E-state index is 0.317. The Hall–Kier alpha value is -0.880. The lowest BCUT2D eigenvalue weighted by atomic mass is 9.96. The SMILES string of the molecule is CCC(CC)n1ccc(CC2(O)CCCC2S(C)(=O)=O)n1. The molecule has 1 aromatic heterocycles. The van der Waals surface area contributed by atoms with Crippen LogP contribution >= 0.6 is 0 Å². The Morgan fingerprint density at radius 3 is 2.71 bits per heavy atom. The van der Waals surface area contributed by atoms with E-state index in [-0.39, 0.29) is 0 Å². The molecule has 1 aliphatic rings. The van der Waals surface area contributed by atoms with E-state index in [1.165, 1.54) is 6.26 Å². The lowest BCUT2D eigenvalue weighted by molar-refractivity contribution is 0.0501. The zero-order valence-electron chi connectivity index (χ0n) is 13.1. The largest absolute Gasteiger partial charge is 0.388 e. The van der Waals surface area contributed by atoms with Gasteiger partial charge in [-0.2, -0.15) is 5.10 Å². The van der Waals surface area contributed by atoms with Crippen LogP contribution in [0.25, 0.3) is 0 Å². The molecule has 1 fully saturated rings. The topological polar surface area (TPSA) is 72.2 Å². The third-order valence-electron chi connectivity index (χ3n) is 4.66. The first-order valence-corrected chi connectivity index (χ1v) is 9.71. The van der Waals surface area contributed by atoms with E-state index in [0.29, 0.717) is 25.3 Å². The Kier molecular flexibility index (Phi) is 4.78. The molecule has 1 saturated carbocycles. The highest BCUT2D eigenvalue weighted by atomic mass is 32.2. The highest BCUT2D eigenvalue weighted by Crippen LogP contribution is 2.37. The van der Waals surface area contributed by atoms with Gasteiger partial charge >= 0.3 is 0 Å². The van der Waals surface area contributed by atoms with Crippen LogP contribution in [0.15, 0.2) is 12.3 Å². The Labute approximate surface area is 127 Å². The number of aromatic nitrogens is 2. The lowest BCUT2D eigenvalue weighted by Gasteiger charge is -2.28. The zero-order valence-corrected chi connectivity index (χ0v) is 13.9. The summed E-state index contributed by atoms with van der Waals surface area (Å²) in [6, 6.07) is 2.26. The number of hydrogen-bond acceptors (Lipinski definition) is 4. The first kappa shape index (κ1) is 16.5. The Balaban J connectivity index is 2.17. The third kappa shape index (κ3) is 3.48. The second kappa shape index (κ2) is 6.08. The summed E-state index contributed by atoms with van der Waals surface area (Å²) in [4.78, 5) is 0. The molecule has 2 unspecified atom stereocenters. The van der Waals surface area contributed by atoms with E-state index >= 15 is 0 Å². The molecule has 0 saturated heterocycles. The van der Waals surface area contributed by atoms with Gasteiger partial charge in [0.05, 0.1) is 22.6 Å². The van der Waals surface area contributed by atoms with E-state index in [1.807, 2.05) is 16.9 Å². The van der Waals surface area contributed by atoms with Crippen molar-refractivity contribution in [1.29, 1.82) is 0 Å². The van der Waals surface area contributed by atoms with Crippen LogP contribution < -0.4 is 0 Å². The van der Waals surface area contributed by atoms with Crippen LogP contribution in [0.5, 0.6) is 0 Å². The zero-order chi connectivity index (χ0) is 15.7. The van der Waals surface area contributed by atoms with Crippen molar-refractivity contribution in [1.82, 2.24) is 9.78 Å². The van der Waals surface area contributed by atoms with Gasteiger partial charge in [-0.05, 0) is 38.2 Å². The molecular weight excluding hydrogens is 288 g/mol. The fraction of sp³-hybridized carbons (Fsp3) is 0.800. The van der Waals surface area contributed by atoms with Gasteiger partial charge in [-0.3, -0.25) is 4.68 Å². The molecule has 1 aliphatic carbocycles. The number of nitrogens with zero attached hydrogens (tertiary/aromatic N) is 2. The second-order valence-corrected chi connectivity index (χ2v) is 8.48. The maximum absolute atomic E-state index is 11.9. The average Bonchev–Trinajstić information content (AvgIpc) is 2.98. The van der Waals surface area contributed by atoms with Crippen molar-refractivity contribution in [2.24, 2.45) is 0 Å².